The first-order chi connectivity index (χ1) is 12.6. The van der Waals surface area contributed by atoms with Crippen molar-refractivity contribution < 1.29 is 14.4 Å². The summed E-state index contributed by atoms with van der Waals surface area (Å²) in [5, 5.41) is 2.76. The zero-order valence-electron chi connectivity index (χ0n) is 13.6. The second-order valence-corrected chi connectivity index (χ2v) is 5.82. The Bertz CT molecular complexity index is 976. The summed E-state index contributed by atoms with van der Waals surface area (Å²) in [6.45, 7) is 0.122. The fraction of sp³-hybridized carbons (Fsp3) is 0.0526. The summed E-state index contributed by atoms with van der Waals surface area (Å²) < 4.78 is 1.64. The molecule has 4 rings (SSSR count). The number of hydrogen-bond acceptors (Lipinski definition) is 4. The molecule has 0 radical (unpaired) electrons. The van der Waals surface area contributed by atoms with Crippen LogP contribution >= 0.6 is 0 Å². The highest BCUT2D eigenvalue weighted by molar-refractivity contribution is 6.34. The van der Waals surface area contributed by atoms with E-state index in [9.17, 15) is 14.4 Å². The lowest BCUT2D eigenvalue weighted by Gasteiger charge is -2.15. The zero-order chi connectivity index (χ0) is 18.1. The van der Waals surface area contributed by atoms with Crippen molar-refractivity contribution in [1.29, 1.82) is 0 Å². The Morgan fingerprint density at radius 1 is 1.00 bits per heavy atom. The van der Waals surface area contributed by atoms with Crippen LogP contribution in [0.5, 0.6) is 0 Å². The van der Waals surface area contributed by atoms with Gasteiger partial charge in [-0.3, -0.25) is 14.4 Å². The third-order valence-electron chi connectivity index (χ3n) is 4.07. The highest BCUT2D eigenvalue weighted by atomic mass is 16.2. The summed E-state index contributed by atoms with van der Waals surface area (Å²) in [4.78, 5) is 42.2. The lowest BCUT2D eigenvalue weighted by molar-refractivity contribution is -0.116. The zero-order valence-corrected chi connectivity index (χ0v) is 13.6. The number of nitrogens with zero attached hydrogens (tertiary/aromatic N) is 3. The molecular weight excluding hydrogens is 332 g/mol. The number of benzene rings is 2. The minimum atomic E-state index is -0.368. The van der Waals surface area contributed by atoms with E-state index >= 15 is 0 Å². The summed E-state index contributed by atoms with van der Waals surface area (Å²) in [6.07, 6.45) is 4.83. The van der Waals surface area contributed by atoms with Crippen LogP contribution in [0.1, 0.15) is 20.7 Å². The molecule has 0 saturated heterocycles. The van der Waals surface area contributed by atoms with Crippen molar-refractivity contribution in [3.63, 3.8) is 0 Å². The van der Waals surface area contributed by atoms with Crippen molar-refractivity contribution in [1.82, 2.24) is 9.55 Å². The fourth-order valence-corrected chi connectivity index (χ4v) is 2.89. The Kier molecular flexibility index (Phi) is 3.81. The van der Waals surface area contributed by atoms with Gasteiger partial charge in [-0.1, -0.05) is 18.2 Å². The molecule has 3 aromatic rings. The average molecular weight is 346 g/mol. The molecule has 2 heterocycles. The standard InChI is InChI=1S/C19H14N4O3/c24-17(11-22-9-8-20-12-22)21-13-4-3-5-14(10-13)23-18(25)15-6-1-2-7-16(15)19(23)26/h1-10,12H,11H2,(H,21,24). The fourth-order valence-electron chi connectivity index (χ4n) is 2.89. The van der Waals surface area contributed by atoms with E-state index in [4.69, 9.17) is 0 Å². The maximum atomic E-state index is 12.6. The monoisotopic (exact) mass is 346 g/mol. The number of imide groups is 1. The van der Waals surface area contributed by atoms with Crippen LogP contribution in [-0.2, 0) is 11.3 Å². The van der Waals surface area contributed by atoms with Gasteiger partial charge in [-0.05, 0) is 30.3 Å². The number of fused-ring (bicyclic) bond motifs is 1. The molecule has 1 aliphatic rings. The molecule has 1 aliphatic heterocycles. The van der Waals surface area contributed by atoms with Gasteiger partial charge in [-0.25, -0.2) is 9.88 Å². The smallest absolute Gasteiger partial charge is 0.266 e. The molecule has 26 heavy (non-hydrogen) atoms. The molecule has 0 aliphatic carbocycles. The molecule has 7 heteroatoms. The van der Waals surface area contributed by atoms with Gasteiger partial charge in [-0.15, -0.1) is 0 Å². The Hall–Kier alpha value is -3.74. The van der Waals surface area contributed by atoms with E-state index in [2.05, 4.69) is 10.3 Å². The second kappa shape index (κ2) is 6.29. The molecule has 0 fully saturated rings. The molecule has 0 bridgehead atoms. The maximum Gasteiger partial charge on any atom is 0.266 e. The molecule has 7 nitrogen and oxygen atoms in total. The summed E-state index contributed by atoms with van der Waals surface area (Å²) in [6, 6.07) is 13.4. The van der Waals surface area contributed by atoms with E-state index in [-0.39, 0.29) is 24.3 Å². The second-order valence-electron chi connectivity index (χ2n) is 5.82. The highest BCUT2D eigenvalue weighted by Gasteiger charge is 2.36. The molecule has 0 atom stereocenters. The normalized spacial score (nSPS) is 13.0. The van der Waals surface area contributed by atoms with Gasteiger partial charge in [0.05, 0.1) is 23.1 Å². The van der Waals surface area contributed by atoms with E-state index in [0.29, 0.717) is 22.5 Å². The van der Waals surface area contributed by atoms with E-state index in [1.807, 2.05) is 0 Å². The van der Waals surface area contributed by atoms with Crippen molar-refractivity contribution in [3.05, 3.63) is 78.4 Å². The largest absolute Gasteiger partial charge is 0.328 e. The van der Waals surface area contributed by atoms with E-state index < -0.39 is 0 Å². The maximum absolute atomic E-state index is 12.6. The summed E-state index contributed by atoms with van der Waals surface area (Å²) in [5.74, 6) is -0.970. The van der Waals surface area contributed by atoms with Gasteiger partial charge in [0.2, 0.25) is 5.91 Å². The Morgan fingerprint density at radius 2 is 1.73 bits per heavy atom. The van der Waals surface area contributed by atoms with E-state index in [1.165, 1.54) is 0 Å². The molecule has 2 aromatic carbocycles. The lowest BCUT2D eigenvalue weighted by Crippen LogP contribution is -2.29. The number of carbonyl (C=O) groups is 3. The molecule has 128 valence electrons. The van der Waals surface area contributed by atoms with Gasteiger partial charge in [0.25, 0.3) is 11.8 Å². The number of carbonyl (C=O) groups excluding carboxylic acids is 3. The number of anilines is 2. The number of amides is 3. The SMILES string of the molecule is O=C(Cn1ccnc1)Nc1cccc(N2C(=O)c3ccccc3C2=O)c1. The Morgan fingerprint density at radius 3 is 2.38 bits per heavy atom. The van der Waals surface area contributed by atoms with Crippen LogP contribution in [0.3, 0.4) is 0 Å². The van der Waals surface area contributed by atoms with E-state index in [1.54, 1.807) is 71.8 Å². The quantitative estimate of drug-likeness (QED) is 0.735. The number of aromatic nitrogens is 2. The van der Waals surface area contributed by atoms with Crippen LogP contribution in [-0.4, -0.2) is 27.3 Å². The highest BCUT2D eigenvalue weighted by Crippen LogP contribution is 2.29. The van der Waals surface area contributed by atoms with Crippen molar-refractivity contribution >= 4 is 29.1 Å². The van der Waals surface area contributed by atoms with Crippen molar-refractivity contribution in [2.45, 2.75) is 6.54 Å². The number of nitrogens with one attached hydrogen (secondary N) is 1. The van der Waals surface area contributed by atoms with Crippen molar-refractivity contribution in [2.75, 3.05) is 10.2 Å². The number of rotatable bonds is 4. The van der Waals surface area contributed by atoms with Crippen LogP contribution in [0.4, 0.5) is 11.4 Å². The first-order valence-corrected chi connectivity index (χ1v) is 7.97. The third-order valence-corrected chi connectivity index (χ3v) is 4.07. The van der Waals surface area contributed by atoms with E-state index in [0.717, 1.165) is 4.90 Å². The van der Waals surface area contributed by atoms with Gasteiger partial charge in [-0.2, -0.15) is 0 Å². The molecule has 1 aromatic heterocycles. The number of imidazole rings is 1. The van der Waals surface area contributed by atoms with Gasteiger partial charge in [0, 0.05) is 18.1 Å². The summed E-state index contributed by atoms with van der Waals surface area (Å²) in [5.41, 5.74) is 1.68. The average Bonchev–Trinajstić information content (AvgIpc) is 3.23. The van der Waals surface area contributed by atoms with Crippen molar-refractivity contribution in [2.24, 2.45) is 0 Å². The molecule has 0 saturated carbocycles. The predicted octanol–water partition coefficient (Wildman–Crippen LogP) is 2.32. The van der Waals surface area contributed by atoms with Gasteiger partial charge in [0.15, 0.2) is 0 Å². The van der Waals surface area contributed by atoms with Crippen LogP contribution < -0.4 is 10.2 Å². The molecule has 0 spiro atoms. The molecule has 1 N–H and O–H groups in total. The van der Waals surface area contributed by atoms with Crippen molar-refractivity contribution in [3.8, 4) is 0 Å². The molecule has 0 unspecified atom stereocenters. The van der Waals surface area contributed by atoms with Crippen LogP contribution in [0.25, 0.3) is 0 Å². The van der Waals surface area contributed by atoms with Gasteiger partial charge in [0.1, 0.15) is 6.54 Å². The molecular formula is C19H14N4O3. The minimum Gasteiger partial charge on any atom is -0.328 e. The summed E-state index contributed by atoms with van der Waals surface area (Å²) in [7, 11) is 0. The third kappa shape index (κ3) is 2.75. The first-order valence-electron chi connectivity index (χ1n) is 7.97. The lowest BCUT2D eigenvalue weighted by atomic mass is 10.1. The minimum absolute atomic E-state index is 0.122. The first kappa shape index (κ1) is 15.8. The van der Waals surface area contributed by atoms with Gasteiger partial charge >= 0.3 is 0 Å². The Balaban J connectivity index is 1.56. The van der Waals surface area contributed by atoms with Gasteiger partial charge < -0.3 is 9.88 Å². The molecule has 3 amide bonds. The van der Waals surface area contributed by atoms with Crippen LogP contribution in [0, 0.1) is 0 Å². The van der Waals surface area contributed by atoms with Crippen LogP contribution in [0.2, 0.25) is 0 Å². The Labute approximate surface area is 148 Å². The van der Waals surface area contributed by atoms with Crippen LogP contribution in [0.15, 0.2) is 67.3 Å². The number of hydrogen-bond donors (Lipinski definition) is 1. The summed E-state index contributed by atoms with van der Waals surface area (Å²) >= 11 is 0. The predicted molar refractivity (Wildman–Crippen MR) is 94.9 cm³/mol. The topological polar surface area (TPSA) is 84.3 Å².